The van der Waals surface area contributed by atoms with Crippen molar-refractivity contribution in [2.75, 3.05) is 10.2 Å². The van der Waals surface area contributed by atoms with Gasteiger partial charge in [0.25, 0.3) is 0 Å². The second-order valence-electron chi connectivity index (χ2n) is 11.1. The molecule has 0 aliphatic heterocycles. The Labute approximate surface area is 257 Å². The highest BCUT2D eigenvalue weighted by atomic mass is 15.1. The Morgan fingerprint density at radius 2 is 0.932 bits per heavy atom. The third kappa shape index (κ3) is 4.63. The highest BCUT2D eigenvalue weighted by Gasteiger charge is 2.15. The van der Waals surface area contributed by atoms with Gasteiger partial charge in [-0.1, -0.05) is 115 Å². The monoisotopic (exact) mass is 562 g/mol. The van der Waals surface area contributed by atoms with Crippen LogP contribution in [-0.2, 0) is 0 Å². The van der Waals surface area contributed by atoms with Gasteiger partial charge in [0, 0.05) is 34.0 Å². The number of rotatable bonds is 6. The minimum Gasteiger partial charge on any atom is -0.355 e. The van der Waals surface area contributed by atoms with Crippen molar-refractivity contribution in [3.63, 3.8) is 0 Å². The lowest BCUT2D eigenvalue weighted by molar-refractivity contribution is 1.28. The summed E-state index contributed by atoms with van der Waals surface area (Å²) in [7, 11) is 0. The normalized spacial score (nSPS) is 11.2. The molecular weight excluding hydrogens is 532 g/mol. The van der Waals surface area contributed by atoms with Crippen LogP contribution in [0.3, 0.4) is 0 Å². The van der Waals surface area contributed by atoms with Crippen LogP contribution in [0.2, 0.25) is 0 Å². The van der Waals surface area contributed by atoms with E-state index in [1.54, 1.807) is 0 Å². The molecule has 44 heavy (non-hydrogen) atoms. The van der Waals surface area contributed by atoms with Crippen LogP contribution >= 0.6 is 0 Å². The van der Waals surface area contributed by atoms with Crippen molar-refractivity contribution in [2.24, 2.45) is 0 Å². The van der Waals surface area contributed by atoms with Crippen molar-refractivity contribution in [3.05, 3.63) is 176 Å². The first kappa shape index (κ1) is 25.8. The molecule has 0 amide bonds. The van der Waals surface area contributed by atoms with Gasteiger partial charge >= 0.3 is 0 Å². The number of fused-ring (bicyclic) bond motifs is 5. The average Bonchev–Trinajstić information content (AvgIpc) is 3.10. The van der Waals surface area contributed by atoms with Crippen molar-refractivity contribution in [1.82, 2.24) is 0 Å². The Morgan fingerprint density at radius 3 is 1.66 bits per heavy atom. The van der Waals surface area contributed by atoms with E-state index in [0.717, 1.165) is 28.4 Å². The third-order valence-corrected chi connectivity index (χ3v) is 8.40. The number of nitrogens with one attached hydrogen (secondary N) is 1. The summed E-state index contributed by atoms with van der Waals surface area (Å²) in [5.74, 6) is 0. The van der Waals surface area contributed by atoms with E-state index in [1.807, 2.05) is 0 Å². The summed E-state index contributed by atoms with van der Waals surface area (Å²) in [5.41, 5.74) is 7.88. The Kier molecular flexibility index (Phi) is 6.51. The number of hydrogen-bond donors (Lipinski definition) is 1. The first-order valence-electron chi connectivity index (χ1n) is 15.0. The fraction of sp³-hybridized carbons (Fsp3) is 0. The lowest BCUT2D eigenvalue weighted by atomic mass is 9.89. The summed E-state index contributed by atoms with van der Waals surface area (Å²) in [6.07, 6.45) is 0. The zero-order chi connectivity index (χ0) is 29.3. The maximum Gasteiger partial charge on any atom is 0.0464 e. The van der Waals surface area contributed by atoms with E-state index in [9.17, 15) is 0 Å². The summed E-state index contributed by atoms with van der Waals surface area (Å²) in [4.78, 5) is 2.28. The maximum atomic E-state index is 3.76. The molecule has 0 heterocycles. The summed E-state index contributed by atoms with van der Waals surface area (Å²) in [6, 6.07) is 62.6. The van der Waals surface area contributed by atoms with Gasteiger partial charge in [0.1, 0.15) is 0 Å². The van der Waals surface area contributed by atoms with Crippen LogP contribution in [-0.4, -0.2) is 0 Å². The molecule has 8 rings (SSSR count). The Hall–Kier alpha value is -5.86. The number of benzene rings is 8. The smallest absolute Gasteiger partial charge is 0.0464 e. The van der Waals surface area contributed by atoms with Gasteiger partial charge in [0.2, 0.25) is 0 Å². The predicted molar refractivity (Wildman–Crippen MR) is 189 cm³/mol. The summed E-state index contributed by atoms with van der Waals surface area (Å²) >= 11 is 0. The predicted octanol–water partition coefficient (Wildman–Crippen LogP) is 12.0. The zero-order valence-corrected chi connectivity index (χ0v) is 24.2. The van der Waals surface area contributed by atoms with Crippen molar-refractivity contribution >= 4 is 60.8 Å². The SMILES string of the molecule is c1ccc(N(c2ccccc2)c2ccc(Nc3ccccc3-c3cc4ccccc4c4ccc5ccccc5c34)cc2)cc1. The summed E-state index contributed by atoms with van der Waals surface area (Å²) in [5, 5.41) is 11.4. The molecule has 0 fully saturated rings. The summed E-state index contributed by atoms with van der Waals surface area (Å²) in [6.45, 7) is 0. The first-order valence-corrected chi connectivity index (χ1v) is 15.0. The summed E-state index contributed by atoms with van der Waals surface area (Å²) < 4.78 is 0. The zero-order valence-electron chi connectivity index (χ0n) is 24.2. The molecule has 0 saturated carbocycles. The van der Waals surface area contributed by atoms with Gasteiger partial charge in [-0.3, -0.25) is 0 Å². The van der Waals surface area contributed by atoms with Crippen LogP contribution in [0, 0.1) is 0 Å². The van der Waals surface area contributed by atoms with E-state index in [0.29, 0.717) is 0 Å². The van der Waals surface area contributed by atoms with Crippen molar-refractivity contribution < 1.29 is 0 Å². The number of anilines is 5. The molecule has 0 unspecified atom stereocenters. The average molecular weight is 563 g/mol. The van der Waals surface area contributed by atoms with Crippen molar-refractivity contribution in [1.29, 1.82) is 0 Å². The molecule has 0 atom stereocenters. The van der Waals surface area contributed by atoms with Gasteiger partial charge in [-0.05, 0) is 98.5 Å². The fourth-order valence-electron chi connectivity index (χ4n) is 6.37. The molecule has 8 aromatic carbocycles. The molecule has 0 radical (unpaired) electrons. The van der Waals surface area contributed by atoms with E-state index in [1.165, 1.54) is 43.4 Å². The van der Waals surface area contributed by atoms with Crippen LogP contribution in [0.5, 0.6) is 0 Å². The second kappa shape index (κ2) is 11.1. The Bertz CT molecular complexity index is 2200. The van der Waals surface area contributed by atoms with Gasteiger partial charge in [0.15, 0.2) is 0 Å². The Balaban J connectivity index is 1.23. The topological polar surface area (TPSA) is 15.3 Å². The molecule has 0 saturated heterocycles. The van der Waals surface area contributed by atoms with E-state index in [4.69, 9.17) is 0 Å². The van der Waals surface area contributed by atoms with E-state index >= 15 is 0 Å². The standard InChI is InChI=1S/C42H30N2/c1-3-15-33(16-4-1)44(34-17-5-2-6-18-34)35-26-24-32(25-27-35)43-41-22-12-11-21-38(41)40-29-31-14-8-9-19-36(31)39-28-23-30-13-7-10-20-37(30)42(39)40/h1-29,43H. The van der Waals surface area contributed by atoms with Gasteiger partial charge in [0.05, 0.1) is 0 Å². The third-order valence-electron chi connectivity index (χ3n) is 8.40. The van der Waals surface area contributed by atoms with Gasteiger partial charge in [-0.2, -0.15) is 0 Å². The Morgan fingerprint density at radius 1 is 0.364 bits per heavy atom. The lowest BCUT2D eigenvalue weighted by Gasteiger charge is -2.25. The molecule has 0 aromatic heterocycles. The minimum absolute atomic E-state index is 1.04. The molecule has 0 spiro atoms. The number of para-hydroxylation sites is 3. The van der Waals surface area contributed by atoms with Crippen LogP contribution in [0.15, 0.2) is 176 Å². The first-order chi connectivity index (χ1) is 21.8. The highest BCUT2D eigenvalue weighted by Crippen LogP contribution is 2.42. The largest absolute Gasteiger partial charge is 0.355 e. The van der Waals surface area contributed by atoms with E-state index < -0.39 is 0 Å². The van der Waals surface area contributed by atoms with Crippen LogP contribution in [0.4, 0.5) is 28.4 Å². The molecule has 8 aromatic rings. The van der Waals surface area contributed by atoms with E-state index in [-0.39, 0.29) is 0 Å². The van der Waals surface area contributed by atoms with Gasteiger partial charge in [-0.15, -0.1) is 0 Å². The second-order valence-corrected chi connectivity index (χ2v) is 11.1. The molecule has 0 bridgehead atoms. The maximum absolute atomic E-state index is 3.76. The lowest BCUT2D eigenvalue weighted by Crippen LogP contribution is -2.09. The molecule has 1 N–H and O–H groups in total. The van der Waals surface area contributed by atoms with Crippen LogP contribution in [0.1, 0.15) is 0 Å². The molecular formula is C42H30N2. The van der Waals surface area contributed by atoms with Crippen molar-refractivity contribution in [2.45, 2.75) is 0 Å². The minimum atomic E-state index is 1.04. The quantitative estimate of drug-likeness (QED) is 0.203. The molecule has 0 aliphatic carbocycles. The fourth-order valence-corrected chi connectivity index (χ4v) is 6.37. The molecule has 208 valence electrons. The molecule has 0 aliphatic rings. The highest BCUT2D eigenvalue weighted by molar-refractivity contribution is 6.23. The van der Waals surface area contributed by atoms with Crippen molar-refractivity contribution in [3.8, 4) is 11.1 Å². The molecule has 2 nitrogen and oxygen atoms in total. The molecule has 2 heteroatoms. The van der Waals surface area contributed by atoms with Crippen LogP contribution in [0.25, 0.3) is 43.4 Å². The van der Waals surface area contributed by atoms with Gasteiger partial charge in [-0.25, -0.2) is 0 Å². The van der Waals surface area contributed by atoms with Gasteiger partial charge < -0.3 is 10.2 Å². The van der Waals surface area contributed by atoms with E-state index in [2.05, 4.69) is 186 Å². The number of nitrogens with zero attached hydrogens (tertiary/aromatic N) is 1. The van der Waals surface area contributed by atoms with Crippen LogP contribution < -0.4 is 10.2 Å². The number of hydrogen-bond acceptors (Lipinski definition) is 2.